The number of hydrogen-bond acceptors (Lipinski definition) is 2. The molecule has 1 aromatic carbocycles. The summed E-state index contributed by atoms with van der Waals surface area (Å²) in [5.41, 5.74) is 1.60. The zero-order chi connectivity index (χ0) is 13.6. The van der Waals surface area contributed by atoms with Gasteiger partial charge in [0.05, 0.1) is 5.54 Å². The van der Waals surface area contributed by atoms with Gasteiger partial charge in [-0.3, -0.25) is 0 Å². The molecular formula is C17H23NS. The van der Waals surface area contributed by atoms with Crippen molar-refractivity contribution < 1.29 is 0 Å². The summed E-state index contributed by atoms with van der Waals surface area (Å²) >= 11 is 1.86. The van der Waals surface area contributed by atoms with E-state index in [1.807, 2.05) is 11.3 Å². The molecule has 0 fully saturated rings. The second-order valence-electron chi connectivity index (χ2n) is 5.00. The highest BCUT2D eigenvalue weighted by Crippen LogP contribution is 2.33. The molecule has 1 heterocycles. The van der Waals surface area contributed by atoms with E-state index in [2.05, 4.69) is 67.1 Å². The topological polar surface area (TPSA) is 12.0 Å². The van der Waals surface area contributed by atoms with Crippen LogP contribution in [0.4, 0.5) is 0 Å². The molecule has 1 atom stereocenters. The molecule has 1 unspecified atom stereocenters. The Morgan fingerprint density at radius 2 is 1.89 bits per heavy atom. The van der Waals surface area contributed by atoms with Gasteiger partial charge < -0.3 is 5.32 Å². The zero-order valence-corrected chi connectivity index (χ0v) is 12.7. The second-order valence-corrected chi connectivity index (χ2v) is 5.95. The lowest BCUT2D eigenvalue weighted by Gasteiger charge is -2.32. The van der Waals surface area contributed by atoms with Crippen molar-refractivity contribution in [1.29, 1.82) is 0 Å². The van der Waals surface area contributed by atoms with Crippen LogP contribution in [-0.2, 0) is 12.0 Å². The van der Waals surface area contributed by atoms with Crippen molar-refractivity contribution in [3.8, 4) is 0 Å². The van der Waals surface area contributed by atoms with Crippen molar-refractivity contribution in [2.24, 2.45) is 0 Å². The number of aryl methyl sites for hydroxylation is 1. The van der Waals surface area contributed by atoms with Gasteiger partial charge in [-0.1, -0.05) is 43.3 Å². The summed E-state index contributed by atoms with van der Waals surface area (Å²) < 4.78 is 0. The largest absolute Gasteiger partial charge is 0.310 e. The van der Waals surface area contributed by atoms with Crippen LogP contribution in [0, 0.1) is 0 Å². The van der Waals surface area contributed by atoms with Crippen LogP contribution >= 0.6 is 11.3 Å². The highest BCUT2D eigenvalue weighted by molar-refractivity contribution is 7.10. The van der Waals surface area contributed by atoms with Gasteiger partial charge in [-0.15, -0.1) is 11.3 Å². The third-order valence-electron chi connectivity index (χ3n) is 3.99. The molecule has 2 rings (SSSR count). The average Bonchev–Trinajstić information content (AvgIpc) is 3.00. The molecule has 0 saturated heterocycles. The fourth-order valence-electron chi connectivity index (χ4n) is 2.69. The van der Waals surface area contributed by atoms with E-state index in [4.69, 9.17) is 0 Å². The normalized spacial score (nSPS) is 14.2. The van der Waals surface area contributed by atoms with E-state index in [0.29, 0.717) is 0 Å². The van der Waals surface area contributed by atoms with E-state index in [-0.39, 0.29) is 5.54 Å². The van der Waals surface area contributed by atoms with Gasteiger partial charge in [0.1, 0.15) is 0 Å². The molecule has 19 heavy (non-hydrogen) atoms. The van der Waals surface area contributed by atoms with E-state index in [1.165, 1.54) is 23.3 Å². The molecule has 0 bridgehead atoms. The first kappa shape index (κ1) is 14.3. The Kier molecular flexibility index (Phi) is 5.17. The summed E-state index contributed by atoms with van der Waals surface area (Å²) in [5, 5.41) is 5.74. The lowest BCUT2D eigenvalue weighted by molar-refractivity contribution is 0.319. The van der Waals surface area contributed by atoms with Crippen LogP contribution in [0.2, 0.25) is 0 Å². The van der Waals surface area contributed by atoms with Crippen LogP contribution in [0.1, 0.15) is 36.6 Å². The van der Waals surface area contributed by atoms with Crippen LogP contribution in [-0.4, -0.2) is 7.05 Å². The molecule has 1 N–H and O–H groups in total. The van der Waals surface area contributed by atoms with Gasteiger partial charge in [-0.05, 0) is 49.7 Å². The molecule has 0 saturated carbocycles. The van der Waals surface area contributed by atoms with Crippen molar-refractivity contribution in [3.05, 3.63) is 58.3 Å². The van der Waals surface area contributed by atoms with Crippen molar-refractivity contribution in [2.75, 3.05) is 7.05 Å². The molecule has 0 aliphatic heterocycles. The number of thiophene rings is 1. The minimum absolute atomic E-state index is 0.156. The highest BCUT2D eigenvalue weighted by Gasteiger charge is 2.28. The third kappa shape index (κ3) is 3.46. The zero-order valence-electron chi connectivity index (χ0n) is 11.9. The summed E-state index contributed by atoms with van der Waals surface area (Å²) in [6.07, 6.45) is 4.71. The van der Waals surface area contributed by atoms with Crippen molar-refractivity contribution in [3.63, 3.8) is 0 Å². The molecule has 2 heteroatoms. The standard InChI is InChI=1S/C17H23NS/c1-3-17(18-2,16-12-8-14-19-16)13-7-11-15-9-5-4-6-10-15/h4-6,8-10,12,14,18H,3,7,11,13H2,1-2H3. The molecule has 1 aromatic heterocycles. The summed E-state index contributed by atoms with van der Waals surface area (Å²) in [4.78, 5) is 1.46. The minimum Gasteiger partial charge on any atom is -0.310 e. The molecule has 1 nitrogen and oxygen atoms in total. The smallest absolute Gasteiger partial charge is 0.0523 e. The van der Waals surface area contributed by atoms with Crippen LogP contribution in [0.15, 0.2) is 47.8 Å². The van der Waals surface area contributed by atoms with E-state index >= 15 is 0 Å². The van der Waals surface area contributed by atoms with E-state index < -0.39 is 0 Å². The molecule has 2 aromatic rings. The fourth-order valence-corrected chi connectivity index (χ4v) is 3.72. The lowest BCUT2D eigenvalue weighted by Crippen LogP contribution is -2.38. The summed E-state index contributed by atoms with van der Waals surface area (Å²) in [5.74, 6) is 0. The molecule has 0 radical (unpaired) electrons. The van der Waals surface area contributed by atoms with E-state index in [9.17, 15) is 0 Å². The molecule has 0 aliphatic rings. The summed E-state index contributed by atoms with van der Waals surface area (Å²) in [6, 6.07) is 15.2. The SMILES string of the molecule is CCC(CCCc1ccccc1)(NC)c1cccs1. The number of nitrogens with one attached hydrogen (secondary N) is 1. The Morgan fingerprint density at radius 3 is 2.47 bits per heavy atom. The van der Waals surface area contributed by atoms with Gasteiger partial charge in [-0.2, -0.15) is 0 Å². The Labute approximate surface area is 120 Å². The Bertz CT molecular complexity index is 457. The maximum absolute atomic E-state index is 3.56. The Morgan fingerprint density at radius 1 is 1.11 bits per heavy atom. The molecule has 0 amide bonds. The first-order chi connectivity index (χ1) is 9.30. The maximum Gasteiger partial charge on any atom is 0.0523 e. The maximum atomic E-state index is 3.56. The van der Waals surface area contributed by atoms with Crippen LogP contribution in [0.3, 0.4) is 0 Å². The quantitative estimate of drug-likeness (QED) is 0.777. The van der Waals surface area contributed by atoms with Gasteiger partial charge in [0.15, 0.2) is 0 Å². The van der Waals surface area contributed by atoms with Crippen molar-refractivity contribution in [1.82, 2.24) is 5.32 Å². The predicted octanol–water partition coefficient (Wildman–Crippen LogP) is 4.60. The van der Waals surface area contributed by atoms with E-state index in [1.54, 1.807) is 0 Å². The lowest BCUT2D eigenvalue weighted by atomic mass is 9.87. The number of hydrogen-bond donors (Lipinski definition) is 1. The first-order valence-electron chi connectivity index (χ1n) is 7.07. The number of rotatable bonds is 7. The molecular weight excluding hydrogens is 250 g/mol. The molecule has 102 valence electrons. The van der Waals surface area contributed by atoms with Crippen LogP contribution < -0.4 is 5.32 Å². The van der Waals surface area contributed by atoms with Gasteiger partial charge in [0, 0.05) is 4.88 Å². The predicted molar refractivity (Wildman–Crippen MR) is 84.7 cm³/mol. The van der Waals surface area contributed by atoms with Crippen molar-refractivity contribution >= 4 is 11.3 Å². The van der Waals surface area contributed by atoms with Gasteiger partial charge in [0.2, 0.25) is 0 Å². The third-order valence-corrected chi connectivity index (χ3v) is 5.06. The number of benzene rings is 1. The van der Waals surface area contributed by atoms with Gasteiger partial charge in [0.25, 0.3) is 0 Å². The van der Waals surface area contributed by atoms with E-state index in [0.717, 1.165) is 12.8 Å². The summed E-state index contributed by atoms with van der Waals surface area (Å²) in [7, 11) is 2.09. The Hall–Kier alpha value is -1.12. The molecule has 0 aliphatic carbocycles. The second kappa shape index (κ2) is 6.88. The monoisotopic (exact) mass is 273 g/mol. The minimum atomic E-state index is 0.156. The fraction of sp³-hybridized carbons (Fsp3) is 0.412. The van der Waals surface area contributed by atoms with Gasteiger partial charge >= 0.3 is 0 Å². The Balaban J connectivity index is 1.98. The highest BCUT2D eigenvalue weighted by atomic mass is 32.1. The first-order valence-corrected chi connectivity index (χ1v) is 7.95. The average molecular weight is 273 g/mol. The van der Waals surface area contributed by atoms with Crippen LogP contribution in [0.5, 0.6) is 0 Å². The summed E-state index contributed by atoms with van der Waals surface area (Å²) in [6.45, 7) is 2.28. The van der Waals surface area contributed by atoms with Crippen LogP contribution in [0.25, 0.3) is 0 Å². The van der Waals surface area contributed by atoms with Crippen molar-refractivity contribution in [2.45, 2.75) is 38.1 Å². The molecule has 0 spiro atoms. The van der Waals surface area contributed by atoms with Gasteiger partial charge in [-0.25, -0.2) is 0 Å².